The van der Waals surface area contributed by atoms with E-state index in [0.29, 0.717) is 5.56 Å². The second-order valence-corrected chi connectivity index (χ2v) is 5.56. The molecule has 0 bridgehead atoms. The number of halogens is 3. The van der Waals surface area contributed by atoms with Crippen molar-refractivity contribution >= 4 is 5.91 Å². The third-order valence-electron chi connectivity index (χ3n) is 3.55. The Morgan fingerprint density at radius 2 is 2.00 bits per heavy atom. The van der Waals surface area contributed by atoms with Crippen molar-refractivity contribution in [2.24, 2.45) is 11.7 Å². The fourth-order valence-electron chi connectivity index (χ4n) is 1.93. The molecule has 0 saturated carbocycles. The molecule has 4 nitrogen and oxygen atoms in total. The molecule has 7 heteroatoms. The second-order valence-electron chi connectivity index (χ2n) is 5.56. The standard InChI is InChI=1S/C16H23F3N2O2/c1-3-11(2)14(20)15(22)21-8-12-5-4-6-13(7-12)9-23-10-16(17,18)19/h4-7,11,14H,3,8-10,20H2,1-2H3,(H,21,22). The molecule has 0 radical (unpaired) electrons. The van der Waals surface area contributed by atoms with E-state index in [0.717, 1.165) is 12.0 Å². The minimum atomic E-state index is -4.34. The summed E-state index contributed by atoms with van der Waals surface area (Å²) in [7, 11) is 0. The van der Waals surface area contributed by atoms with Gasteiger partial charge in [0.15, 0.2) is 0 Å². The van der Waals surface area contributed by atoms with Gasteiger partial charge in [-0.15, -0.1) is 0 Å². The molecule has 2 atom stereocenters. The molecule has 23 heavy (non-hydrogen) atoms. The van der Waals surface area contributed by atoms with Crippen LogP contribution in [0.15, 0.2) is 24.3 Å². The van der Waals surface area contributed by atoms with Gasteiger partial charge in [0.2, 0.25) is 5.91 Å². The maximum Gasteiger partial charge on any atom is 0.411 e. The summed E-state index contributed by atoms with van der Waals surface area (Å²) >= 11 is 0. The van der Waals surface area contributed by atoms with Crippen molar-refractivity contribution < 1.29 is 22.7 Å². The predicted octanol–water partition coefficient (Wildman–Crippen LogP) is 2.76. The number of carbonyl (C=O) groups excluding carboxylic acids is 1. The van der Waals surface area contributed by atoms with E-state index < -0.39 is 18.8 Å². The van der Waals surface area contributed by atoms with Gasteiger partial charge in [0, 0.05) is 6.54 Å². The van der Waals surface area contributed by atoms with Crippen molar-refractivity contribution in [2.75, 3.05) is 6.61 Å². The normalized spacial score (nSPS) is 14.3. The molecule has 0 aromatic heterocycles. The maximum atomic E-state index is 12.0. The number of nitrogens with two attached hydrogens (primary N) is 1. The monoisotopic (exact) mass is 332 g/mol. The number of amides is 1. The van der Waals surface area contributed by atoms with Gasteiger partial charge in [0.1, 0.15) is 6.61 Å². The van der Waals surface area contributed by atoms with E-state index in [1.54, 1.807) is 24.3 Å². The molecule has 0 aliphatic heterocycles. The highest BCUT2D eigenvalue weighted by Crippen LogP contribution is 2.16. The Kier molecular flexibility index (Phi) is 7.51. The number of hydrogen-bond acceptors (Lipinski definition) is 3. The SMILES string of the molecule is CCC(C)C(N)C(=O)NCc1cccc(COCC(F)(F)F)c1. The Hall–Kier alpha value is -1.60. The first-order chi connectivity index (χ1) is 10.7. The summed E-state index contributed by atoms with van der Waals surface area (Å²) in [4.78, 5) is 11.9. The number of hydrogen-bond donors (Lipinski definition) is 2. The van der Waals surface area contributed by atoms with Gasteiger partial charge in [-0.1, -0.05) is 44.5 Å². The fraction of sp³-hybridized carbons (Fsp3) is 0.562. The molecule has 1 rings (SSSR count). The van der Waals surface area contributed by atoms with Crippen LogP contribution in [0.25, 0.3) is 0 Å². The van der Waals surface area contributed by atoms with Gasteiger partial charge in [-0.25, -0.2) is 0 Å². The highest BCUT2D eigenvalue weighted by atomic mass is 19.4. The van der Waals surface area contributed by atoms with Gasteiger partial charge in [0.05, 0.1) is 12.6 Å². The van der Waals surface area contributed by atoms with Crippen LogP contribution in [0.5, 0.6) is 0 Å². The summed E-state index contributed by atoms with van der Waals surface area (Å²) < 4.78 is 40.7. The van der Waals surface area contributed by atoms with E-state index in [2.05, 4.69) is 10.1 Å². The van der Waals surface area contributed by atoms with Crippen molar-refractivity contribution in [3.05, 3.63) is 35.4 Å². The Labute approximate surface area is 134 Å². The zero-order valence-electron chi connectivity index (χ0n) is 13.3. The molecular weight excluding hydrogens is 309 g/mol. The summed E-state index contributed by atoms with van der Waals surface area (Å²) in [6.45, 7) is 2.73. The quantitative estimate of drug-likeness (QED) is 0.769. The average molecular weight is 332 g/mol. The Morgan fingerprint density at radius 3 is 2.61 bits per heavy atom. The van der Waals surface area contributed by atoms with E-state index in [9.17, 15) is 18.0 Å². The lowest BCUT2D eigenvalue weighted by Gasteiger charge is -2.17. The molecule has 0 fully saturated rings. The summed E-state index contributed by atoms with van der Waals surface area (Å²) in [6.07, 6.45) is -3.53. The van der Waals surface area contributed by atoms with Crippen molar-refractivity contribution in [1.82, 2.24) is 5.32 Å². The first-order valence-electron chi connectivity index (χ1n) is 7.48. The molecule has 0 heterocycles. The second kappa shape index (κ2) is 8.88. The Bertz CT molecular complexity index is 506. The Morgan fingerprint density at radius 1 is 1.35 bits per heavy atom. The van der Waals surface area contributed by atoms with Crippen LogP contribution in [-0.2, 0) is 22.7 Å². The number of alkyl halides is 3. The topological polar surface area (TPSA) is 64.4 Å². The van der Waals surface area contributed by atoms with Crippen molar-refractivity contribution in [1.29, 1.82) is 0 Å². The molecule has 0 saturated heterocycles. The lowest BCUT2D eigenvalue weighted by molar-refractivity contribution is -0.176. The molecule has 1 aromatic carbocycles. The first kappa shape index (κ1) is 19.4. The summed E-state index contributed by atoms with van der Waals surface area (Å²) in [6, 6.07) is 6.29. The number of rotatable bonds is 8. The van der Waals surface area contributed by atoms with E-state index in [4.69, 9.17) is 5.73 Å². The molecule has 1 aromatic rings. The predicted molar refractivity (Wildman–Crippen MR) is 81.4 cm³/mol. The fourth-order valence-corrected chi connectivity index (χ4v) is 1.93. The van der Waals surface area contributed by atoms with E-state index >= 15 is 0 Å². The van der Waals surface area contributed by atoms with Gasteiger partial charge in [0.25, 0.3) is 0 Å². The van der Waals surface area contributed by atoms with Crippen LogP contribution in [0.2, 0.25) is 0 Å². The van der Waals surface area contributed by atoms with E-state index in [1.807, 2.05) is 13.8 Å². The lowest BCUT2D eigenvalue weighted by atomic mass is 9.99. The summed E-state index contributed by atoms with van der Waals surface area (Å²) in [5.74, 6) is -0.157. The lowest BCUT2D eigenvalue weighted by Crippen LogP contribution is -2.44. The zero-order chi connectivity index (χ0) is 17.5. The van der Waals surface area contributed by atoms with E-state index in [-0.39, 0.29) is 25.0 Å². The summed E-state index contributed by atoms with van der Waals surface area (Å²) in [5.41, 5.74) is 7.23. The molecule has 130 valence electrons. The summed E-state index contributed by atoms with van der Waals surface area (Å²) in [5, 5.41) is 2.74. The van der Waals surface area contributed by atoms with Crippen LogP contribution in [0.3, 0.4) is 0 Å². The highest BCUT2D eigenvalue weighted by Gasteiger charge is 2.27. The smallest absolute Gasteiger partial charge is 0.367 e. The highest BCUT2D eigenvalue weighted by molar-refractivity contribution is 5.81. The number of carbonyl (C=O) groups is 1. The molecule has 3 N–H and O–H groups in total. The van der Waals surface area contributed by atoms with Crippen LogP contribution in [-0.4, -0.2) is 24.7 Å². The first-order valence-corrected chi connectivity index (χ1v) is 7.48. The third-order valence-corrected chi connectivity index (χ3v) is 3.55. The Balaban J connectivity index is 2.49. The molecule has 0 aliphatic rings. The number of ether oxygens (including phenoxy) is 1. The van der Waals surface area contributed by atoms with Gasteiger partial charge in [-0.05, 0) is 17.0 Å². The number of benzene rings is 1. The van der Waals surface area contributed by atoms with Crippen LogP contribution in [0.1, 0.15) is 31.4 Å². The van der Waals surface area contributed by atoms with Crippen molar-refractivity contribution in [2.45, 2.75) is 45.6 Å². The maximum absolute atomic E-state index is 12.0. The molecule has 0 aliphatic carbocycles. The molecular formula is C16H23F3N2O2. The van der Waals surface area contributed by atoms with Gasteiger partial charge < -0.3 is 15.8 Å². The number of nitrogens with one attached hydrogen (secondary N) is 1. The minimum Gasteiger partial charge on any atom is -0.367 e. The van der Waals surface area contributed by atoms with Crippen molar-refractivity contribution in [3.63, 3.8) is 0 Å². The zero-order valence-corrected chi connectivity index (χ0v) is 13.3. The van der Waals surface area contributed by atoms with Crippen molar-refractivity contribution in [3.8, 4) is 0 Å². The van der Waals surface area contributed by atoms with Gasteiger partial charge >= 0.3 is 6.18 Å². The largest absolute Gasteiger partial charge is 0.411 e. The average Bonchev–Trinajstić information content (AvgIpc) is 2.50. The molecule has 1 amide bonds. The van der Waals surface area contributed by atoms with Crippen LogP contribution in [0.4, 0.5) is 13.2 Å². The van der Waals surface area contributed by atoms with Crippen LogP contribution in [0, 0.1) is 5.92 Å². The molecule has 0 spiro atoms. The van der Waals surface area contributed by atoms with Gasteiger partial charge in [-0.2, -0.15) is 13.2 Å². The van der Waals surface area contributed by atoms with E-state index in [1.165, 1.54) is 0 Å². The van der Waals surface area contributed by atoms with Gasteiger partial charge in [-0.3, -0.25) is 4.79 Å². The van der Waals surface area contributed by atoms with Crippen LogP contribution >= 0.6 is 0 Å². The third kappa shape index (κ3) is 7.47. The minimum absolute atomic E-state index is 0.0807. The van der Waals surface area contributed by atoms with Crippen LogP contribution < -0.4 is 11.1 Å². The molecule has 2 unspecified atom stereocenters.